The quantitative estimate of drug-likeness (QED) is 0.179. The van der Waals surface area contributed by atoms with Crippen molar-refractivity contribution in [2.24, 2.45) is 0 Å². The number of hydrogen-bond donors (Lipinski definition) is 0. The fourth-order valence-electron chi connectivity index (χ4n) is 7.99. The molecule has 1 aliphatic rings. The van der Waals surface area contributed by atoms with E-state index in [9.17, 15) is 0 Å². The molecule has 0 amide bonds. The third-order valence-electron chi connectivity index (χ3n) is 10.7. The first kappa shape index (κ1) is 30.5. The highest BCUT2D eigenvalue weighted by Crippen LogP contribution is 2.40. The van der Waals surface area contributed by atoms with Gasteiger partial charge in [0.15, 0.2) is 17.5 Å². The van der Waals surface area contributed by atoms with Crippen molar-refractivity contribution in [3.63, 3.8) is 0 Å². The summed E-state index contributed by atoms with van der Waals surface area (Å²) in [5.74, 6) is 1.97. The summed E-state index contributed by atoms with van der Waals surface area (Å²) in [6, 6.07) is 52.4. The lowest BCUT2D eigenvalue weighted by Crippen LogP contribution is -2.04. The van der Waals surface area contributed by atoms with E-state index in [4.69, 9.17) is 23.8 Å². The van der Waals surface area contributed by atoms with Crippen LogP contribution in [0.4, 0.5) is 0 Å². The zero-order valence-corrected chi connectivity index (χ0v) is 29.2. The molecule has 0 unspecified atom stereocenters. The molecule has 0 atom stereocenters. The Labute approximate surface area is 310 Å². The van der Waals surface area contributed by atoms with E-state index in [2.05, 4.69) is 121 Å². The molecular formula is C49H31N3O2. The molecule has 0 aliphatic heterocycles. The van der Waals surface area contributed by atoms with Gasteiger partial charge in [-0.25, -0.2) is 15.0 Å². The normalized spacial score (nSPS) is 13.3. The van der Waals surface area contributed by atoms with E-state index in [0.29, 0.717) is 17.5 Å². The third-order valence-corrected chi connectivity index (χ3v) is 10.7. The molecule has 0 radical (unpaired) electrons. The number of allylic oxidation sites excluding steroid dienone is 4. The second-order valence-electron chi connectivity index (χ2n) is 13.9. The zero-order chi connectivity index (χ0) is 35.6. The van der Waals surface area contributed by atoms with Crippen molar-refractivity contribution in [1.29, 1.82) is 0 Å². The van der Waals surface area contributed by atoms with Crippen LogP contribution in [0.2, 0.25) is 0 Å². The largest absolute Gasteiger partial charge is 0.456 e. The van der Waals surface area contributed by atoms with Crippen LogP contribution < -0.4 is 0 Å². The van der Waals surface area contributed by atoms with Gasteiger partial charge in [-0.2, -0.15) is 0 Å². The summed E-state index contributed by atoms with van der Waals surface area (Å²) in [6.45, 7) is 0. The van der Waals surface area contributed by atoms with E-state index in [0.717, 1.165) is 84.5 Å². The van der Waals surface area contributed by atoms with Crippen molar-refractivity contribution >= 4 is 65.8 Å². The first-order valence-electron chi connectivity index (χ1n) is 18.3. The third kappa shape index (κ3) is 5.05. The molecule has 0 saturated heterocycles. The second-order valence-corrected chi connectivity index (χ2v) is 13.9. The maximum Gasteiger partial charge on any atom is 0.164 e. The molecule has 3 aromatic heterocycles. The van der Waals surface area contributed by atoms with Gasteiger partial charge in [0.25, 0.3) is 0 Å². The molecule has 0 N–H and O–H groups in total. The van der Waals surface area contributed by atoms with E-state index < -0.39 is 0 Å². The van der Waals surface area contributed by atoms with Crippen LogP contribution in [0.15, 0.2) is 173 Å². The lowest BCUT2D eigenvalue weighted by molar-refractivity contribution is 0.668. The molecule has 0 fully saturated rings. The molecule has 254 valence electrons. The molecule has 0 saturated carbocycles. The Hall–Kier alpha value is -7.11. The van der Waals surface area contributed by atoms with Crippen molar-refractivity contribution < 1.29 is 8.83 Å². The first-order valence-corrected chi connectivity index (χ1v) is 18.3. The van der Waals surface area contributed by atoms with Crippen molar-refractivity contribution in [3.05, 3.63) is 175 Å². The number of furan rings is 2. The van der Waals surface area contributed by atoms with E-state index in [1.807, 2.05) is 42.5 Å². The molecule has 5 heteroatoms. The van der Waals surface area contributed by atoms with Gasteiger partial charge in [-0.3, -0.25) is 0 Å². The van der Waals surface area contributed by atoms with Crippen molar-refractivity contribution in [3.8, 4) is 33.9 Å². The predicted octanol–water partition coefficient (Wildman–Crippen LogP) is 13.1. The molecule has 1 aliphatic carbocycles. The molecule has 5 nitrogen and oxygen atoms in total. The SMILES string of the molecule is C1=C(c2ccccc2)CCC(c2nc(-c3ccccc3)nc(-c3cccc4oc5cc(-c6ccc7c(c6)oc6ccc8ccccc8c67)ccc5c34)n2)=C1. The topological polar surface area (TPSA) is 65.0 Å². The van der Waals surface area contributed by atoms with E-state index in [1.54, 1.807) is 0 Å². The van der Waals surface area contributed by atoms with Gasteiger partial charge >= 0.3 is 0 Å². The van der Waals surface area contributed by atoms with Crippen LogP contribution in [0, 0.1) is 0 Å². The number of benzene rings is 7. The average Bonchev–Trinajstić information content (AvgIpc) is 3.82. The van der Waals surface area contributed by atoms with E-state index >= 15 is 0 Å². The molecule has 0 bridgehead atoms. The zero-order valence-electron chi connectivity index (χ0n) is 29.2. The molecule has 54 heavy (non-hydrogen) atoms. The molecule has 10 aromatic rings. The van der Waals surface area contributed by atoms with Crippen LogP contribution in [0.1, 0.15) is 24.2 Å². The monoisotopic (exact) mass is 693 g/mol. The summed E-state index contributed by atoms with van der Waals surface area (Å²) in [7, 11) is 0. The van der Waals surface area contributed by atoms with Crippen LogP contribution in [0.25, 0.3) is 99.7 Å². The van der Waals surface area contributed by atoms with Crippen LogP contribution in [-0.4, -0.2) is 15.0 Å². The molecule has 7 aromatic carbocycles. The summed E-state index contributed by atoms with van der Waals surface area (Å²) in [5.41, 5.74) is 11.0. The highest BCUT2D eigenvalue weighted by Gasteiger charge is 2.20. The number of fused-ring (bicyclic) bond motifs is 8. The van der Waals surface area contributed by atoms with Crippen LogP contribution in [-0.2, 0) is 0 Å². The van der Waals surface area contributed by atoms with Gasteiger partial charge in [-0.15, -0.1) is 0 Å². The standard InChI is InChI=1S/C49H31N3O2/c1-3-10-30(11-4-1)31-18-20-34(21-19-31)48-50-47(33-13-5-2-6-14-33)51-49(52-48)40-16-9-17-41-46(40)39-26-23-36(29-44(39)53-41)35-22-25-38-43(28-35)54-42-27-24-32-12-7-8-15-37(32)45(38)42/h1-18,20,22-29H,19,21H2. The maximum absolute atomic E-state index is 6.56. The van der Waals surface area contributed by atoms with Gasteiger partial charge in [0.2, 0.25) is 0 Å². The van der Waals surface area contributed by atoms with Crippen molar-refractivity contribution in [2.45, 2.75) is 12.8 Å². The Balaban J connectivity index is 1.02. The molecule has 0 spiro atoms. The van der Waals surface area contributed by atoms with Gasteiger partial charge < -0.3 is 8.83 Å². The van der Waals surface area contributed by atoms with Crippen molar-refractivity contribution in [2.75, 3.05) is 0 Å². The maximum atomic E-state index is 6.56. The van der Waals surface area contributed by atoms with Gasteiger partial charge in [0.05, 0.1) is 0 Å². The van der Waals surface area contributed by atoms with E-state index in [-0.39, 0.29) is 0 Å². The smallest absolute Gasteiger partial charge is 0.164 e. The summed E-state index contributed by atoms with van der Waals surface area (Å²) >= 11 is 0. The molecular weight excluding hydrogens is 663 g/mol. The average molecular weight is 694 g/mol. The lowest BCUT2D eigenvalue weighted by Gasteiger charge is -2.15. The fraction of sp³-hybridized carbons (Fsp3) is 0.0408. The minimum atomic E-state index is 0.623. The van der Waals surface area contributed by atoms with Gasteiger partial charge in [-0.05, 0) is 87.8 Å². The summed E-state index contributed by atoms with van der Waals surface area (Å²) < 4.78 is 13.0. The summed E-state index contributed by atoms with van der Waals surface area (Å²) in [4.78, 5) is 15.3. The minimum absolute atomic E-state index is 0.623. The Morgan fingerprint density at radius 3 is 1.72 bits per heavy atom. The van der Waals surface area contributed by atoms with Gasteiger partial charge in [0.1, 0.15) is 22.3 Å². The van der Waals surface area contributed by atoms with Crippen LogP contribution in [0.3, 0.4) is 0 Å². The number of nitrogens with zero attached hydrogens (tertiary/aromatic N) is 3. The Morgan fingerprint density at radius 2 is 0.981 bits per heavy atom. The number of hydrogen-bond acceptors (Lipinski definition) is 5. The highest BCUT2D eigenvalue weighted by atomic mass is 16.3. The fourth-order valence-corrected chi connectivity index (χ4v) is 7.99. The van der Waals surface area contributed by atoms with Crippen LogP contribution >= 0.6 is 0 Å². The predicted molar refractivity (Wildman–Crippen MR) is 220 cm³/mol. The Morgan fingerprint density at radius 1 is 0.370 bits per heavy atom. The number of rotatable bonds is 5. The number of aromatic nitrogens is 3. The molecule has 3 heterocycles. The van der Waals surface area contributed by atoms with Crippen molar-refractivity contribution in [1.82, 2.24) is 15.0 Å². The minimum Gasteiger partial charge on any atom is -0.456 e. The highest BCUT2D eigenvalue weighted by molar-refractivity contribution is 6.19. The Kier molecular flexibility index (Phi) is 6.92. The molecule has 11 rings (SSSR count). The second kappa shape index (κ2) is 12.2. The van der Waals surface area contributed by atoms with E-state index in [1.165, 1.54) is 21.9 Å². The summed E-state index contributed by atoms with van der Waals surface area (Å²) in [6.07, 6.45) is 6.13. The van der Waals surface area contributed by atoms with Gasteiger partial charge in [-0.1, -0.05) is 127 Å². The lowest BCUT2D eigenvalue weighted by atomic mass is 9.93. The first-order chi connectivity index (χ1) is 26.7. The summed E-state index contributed by atoms with van der Waals surface area (Å²) in [5, 5.41) is 6.67. The van der Waals surface area contributed by atoms with Gasteiger partial charge in [0, 0.05) is 32.7 Å². The Bertz CT molecular complexity index is 3150. The van der Waals surface area contributed by atoms with Crippen LogP contribution in [0.5, 0.6) is 0 Å².